The van der Waals surface area contributed by atoms with Crippen molar-refractivity contribution in [1.29, 1.82) is 0 Å². The van der Waals surface area contributed by atoms with Gasteiger partial charge in [0.15, 0.2) is 0 Å². The molecule has 3 nitrogen and oxygen atoms in total. The second kappa shape index (κ2) is 5.83. The minimum absolute atomic E-state index is 0.424. The van der Waals surface area contributed by atoms with Gasteiger partial charge in [0, 0.05) is 13.0 Å². The largest absolute Gasteiger partial charge is 0.387 e. The van der Waals surface area contributed by atoms with Gasteiger partial charge < -0.3 is 5.11 Å². The second-order valence-electron chi connectivity index (χ2n) is 4.48. The van der Waals surface area contributed by atoms with E-state index in [0.29, 0.717) is 16.5 Å². The molecule has 0 bridgehead atoms. The van der Waals surface area contributed by atoms with Crippen molar-refractivity contribution < 1.29 is 5.11 Å². The molecule has 2 rings (SSSR count). The predicted octanol–water partition coefficient (Wildman–Crippen LogP) is 4.16. The molecular formula is C13H16Cl2N2OS. The number of aliphatic hydroxyl groups excluding tert-OH is 1. The fourth-order valence-electron chi connectivity index (χ4n) is 2.01. The van der Waals surface area contributed by atoms with E-state index in [2.05, 4.69) is 5.10 Å². The summed E-state index contributed by atoms with van der Waals surface area (Å²) in [6.45, 7) is 6.53. The van der Waals surface area contributed by atoms with E-state index in [-0.39, 0.29) is 0 Å². The Kier molecular flexibility index (Phi) is 4.56. The van der Waals surface area contributed by atoms with Crippen molar-refractivity contribution in [1.82, 2.24) is 9.78 Å². The van der Waals surface area contributed by atoms with Gasteiger partial charge in [0.05, 0.1) is 32.4 Å². The summed E-state index contributed by atoms with van der Waals surface area (Å²) in [5.74, 6) is 0. The highest BCUT2D eigenvalue weighted by Gasteiger charge is 2.21. The highest BCUT2D eigenvalue weighted by atomic mass is 35.5. The summed E-state index contributed by atoms with van der Waals surface area (Å²) >= 11 is 13.9. The molecule has 1 N–H and O–H groups in total. The molecular weight excluding hydrogens is 303 g/mol. The van der Waals surface area contributed by atoms with Gasteiger partial charge in [-0.05, 0) is 31.7 Å². The first kappa shape index (κ1) is 14.9. The lowest BCUT2D eigenvalue weighted by molar-refractivity contribution is 0.179. The van der Waals surface area contributed by atoms with Crippen LogP contribution in [0.3, 0.4) is 0 Å². The van der Waals surface area contributed by atoms with Crippen molar-refractivity contribution in [2.24, 2.45) is 0 Å². The molecule has 104 valence electrons. The van der Waals surface area contributed by atoms with E-state index < -0.39 is 6.10 Å². The average molecular weight is 319 g/mol. The maximum Gasteiger partial charge on any atom is 0.0952 e. The Labute approximate surface area is 126 Å². The van der Waals surface area contributed by atoms with Crippen LogP contribution in [0.4, 0.5) is 0 Å². The summed E-state index contributed by atoms with van der Waals surface area (Å²) in [4.78, 5) is 0.789. The quantitative estimate of drug-likeness (QED) is 0.919. The third-order valence-corrected chi connectivity index (χ3v) is 5.37. The zero-order chi connectivity index (χ0) is 14.2. The lowest BCUT2D eigenvalue weighted by Crippen LogP contribution is -2.08. The van der Waals surface area contributed by atoms with Gasteiger partial charge >= 0.3 is 0 Å². The highest BCUT2D eigenvalue weighted by molar-refractivity contribution is 7.10. The number of aryl methyl sites for hydroxylation is 3. The molecule has 0 saturated carbocycles. The first-order valence-corrected chi connectivity index (χ1v) is 7.72. The van der Waals surface area contributed by atoms with Crippen molar-refractivity contribution in [2.45, 2.75) is 39.8 Å². The summed E-state index contributed by atoms with van der Waals surface area (Å²) in [6, 6.07) is 0. The summed E-state index contributed by atoms with van der Waals surface area (Å²) in [5, 5.41) is 17.9. The third-order valence-electron chi connectivity index (χ3n) is 3.07. The molecule has 0 amide bonds. The van der Waals surface area contributed by atoms with Crippen LogP contribution in [-0.4, -0.2) is 14.9 Å². The van der Waals surface area contributed by atoms with Crippen LogP contribution in [0, 0.1) is 13.8 Å². The van der Waals surface area contributed by atoms with Crippen LogP contribution in [0.1, 0.15) is 34.9 Å². The Hall–Kier alpha value is -0.550. The fourth-order valence-corrected chi connectivity index (χ4v) is 3.53. The summed E-state index contributed by atoms with van der Waals surface area (Å²) in [5.41, 5.74) is 2.64. The number of hydrogen-bond acceptors (Lipinski definition) is 3. The fraction of sp³-hybridized carbons (Fsp3) is 0.462. The topological polar surface area (TPSA) is 38.0 Å². The second-order valence-corrected chi connectivity index (χ2v) is 6.15. The van der Waals surface area contributed by atoms with Crippen LogP contribution in [0.15, 0.2) is 5.38 Å². The molecule has 0 aromatic carbocycles. The molecule has 0 fully saturated rings. The van der Waals surface area contributed by atoms with E-state index >= 15 is 0 Å². The molecule has 1 unspecified atom stereocenters. The average Bonchev–Trinajstić information content (AvgIpc) is 2.84. The van der Waals surface area contributed by atoms with Gasteiger partial charge in [-0.3, -0.25) is 4.68 Å². The number of thiophene rings is 1. The molecule has 6 heteroatoms. The van der Waals surface area contributed by atoms with Gasteiger partial charge in [-0.1, -0.05) is 23.2 Å². The van der Waals surface area contributed by atoms with Crippen LogP contribution in [0.5, 0.6) is 0 Å². The van der Waals surface area contributed by atoms with Gasteiger partial charge in [0.1, 0.15) is 0 Å². The molecule has 0 spiro atoms. The van der Waals surface area contributed by atoms with E-state index in [4.69, 9.17) is 23.2 Å². The van der Waals surface area contributed by atoms with E-state index in [1.165, 1.54) is 11.3 Å². The van der Waals surface area contributed by atoms with Crippen LogP contribution >= 0.6 is 34.5 Å². The number of aliphatic hydroxyl groups is 1. The maximum absolute atomic E-state index is 10.3. The third kappa shape index (κ3) is 2.82. The van der Waals surface area contributed by atoms with Gasteiger partial charge in [-0.25, -0.2) is 0 Å². The number of rotatable bonds is 4. The van der Waals surface area contributed by atoms with Gasteiger partial charge in [0.25, 0.3) is 0 Å². The molecule has 19 heavy (non-hydrogen) atoms. The molecule has 0 aliphatic rings. The molecule has 2 heterocycles. The predicted molar refractivity (Wildman–Crippen MR) is 80.4 cm³/mol. The molecule has 0 aliphatic carbocycles. The summed E-state index contributed by atoms with van der Waals surface area (Å²) < 4.78 is 1.83. The zero-order valence-corrected chi connectivity index (χ0v) is 13.4. The number of halogens is 2. The Bertz CT molecular complexity index is 592. The maximum atomic E-state index is 10.3. The minimum atomic E-state index is -0.648. The SMILES string of the molecule is CCn1nc(C)c(Cl)c1CC(O)c1scc(C)c1Cl. The van der Waals surface area contributed by atoms with Crippen LogP contribution in [0.2, 0.25) is 10.0 Å². The Morgan fingerprint density at radius 1 is 1.37 bits per heavy atom. The monoisotopic (exact) mass is 318 g/mol. The number of aromatic nitrogens is 2. The normalized spacial score (nSPS) is 12.9. The Balaban J connectivity index is 2.28. The lowest BCUT2D eigenvalue weighted by Gasteiger charge is -2.11. The van der Waals surface area contributed by atoms with Gasteiger partial charge in [0.2, 0.25) is 0 Å². The molecule has 2 aromatic rings. The highest BCUT2D eigenvalue weighted by Crippen LogP contribution is 2.35. The lowest BCUT2D eigenvalue weighted by atomic mass is 10.1. The van der Waals surface area contributed by atoms with E-state index in [9.17, 15) is 5.11 Å². The van der Waals surface area contributed by atoms with Crippen molar-refractivity contribution in [3.05, 3.63) is 37.3 Å². The number of nitrogens with zero attached hydrogens (tertiary/aromatic N) is 2. The molecule has 2 aromatic heterocycles. The summed E-state index contributed by atoms with van der Waals surface area (Å²) in [7, 11) is 0. The van der Waals surface area contributed by atoms with Crippen molar-refractivity contribution in [2.75, 3.05) is 0 Å². The Morgan fingerprint density at radius 3 is 2.58 bits per heavy atom. The Morgan fingerprint density at radius 2 is 2.05 bits per heavy atom. The summed E-state index contributed by atoms with van der Waals surface area (Å²) in [6.07, 6.45) is -0.224. The van der Waals surface area contributed by atoms with Crippen molar-refractivity contribution in [3.8, 4) is 0 Å². The van der Waals surface area contributed by atoms with E-state index in [0.717, 1.165) is 28.4 Å². The van der Waals surface area contributed by atoms with Crippen LogP contribution in [-0.2, 0) is 13.0 Å². The van der Waals surface area contributed by atoms with Crippen molar-refractivity contribution in [3.63, 3.8) is 0 Å². The van der Waals surface area contributed by atoms with Crippen LogP contribution in [0.25, 0.3) is 0 Å². The zero-order valence-electron chi connectivity index (χ0n) is 11.1. The smallest absolute Gasteiger partial charge is 0.0952 e. The first-order valence-electron chi connectivity index (χ1n) is 6.09. The molecule has 0 radical (unpaired) electrons. The number of hydrogen-bond donors (Lipinski definition) is 1. The minimum Gasteiger partial charge on any atom is -0.387 e. The van der Waals surface area contributed by atoms with E-state index in [1.807, 2.05) is 30.8 Å². The standard InChI is InChI=1S/C13H16Cl2N2OS/c1-4-17-9(12(15)8(3)16-17)5-10(18)13-11(14)7(2)6-19-13/h6,10,18H,4-5H2,1-3H3. The molecule has 0 aliphatic heterocycles. The van der Waals surface area contributed by atoms with Gasteiger partial charge in [-0.2, -0.15) is 5.10 Å². The van der Waals surface area contributed by atoms with Gasteiger partial charge in [-0.15, -0.1) is 11.3 Å². The molecule has 0 saturated heterocycles. The van der Waals surface area contributed by atoms with E-state index in [1.54, 1.807) is 0 Å². The van der Waals surface area contributed by atoms with Crippen LogP contribution < -0.4 is 0 Å². The molecule has 1 atom stereocenters. The van der Waals surface area contributed by atoms with Crippen molar-refractivity contribution >= 4 is 34.5 Å². The first-order chi connectivity index (χ1) is 8.95.